The van der Waals surface area contributed by atoms with E-state index in [-0.39, 0.29) is 0 Å². The molecule has 16 heavy (non-hydrogen) atoms. The van der Waals surface area contributed by atoms with Gasteiger partial charge in [0.2, 0.25) is 0 Å². The Balaban J connectivity index is 2.41. The Bertz CT molecular complexity index is 459. The number of methoxy groups -OCH3 is 1. The van der Waals surface area contributed by atoms with Gasteiger partial charge in [0.05, 0.1) is 12.7 Å². The Morgan fingerprint density at radius 1 is 1.44 bits per heavy atom. The van der Waals surface area contributed by atoms with Crippen LogP contribution in [-0.2, 0) is 11.2 Å². The van der Waals surface area contributed by atoms with Crippen LogP contribution in [-0.4, -0.2) is 25.0 Å². The summed E-state index contributed by atoms with van der Waals surface area (Å²) in [5.74, 6) is -0.420. The van der Waals surface area contributed by atoms with Gasteiger partial charge in [-0.15, -0.1) is 0 Å². The average Bonchev–Trinajstić information content (AvgIpc) is 2.70. The fraction of sp³-hybridized carbons (Fsp3) is 0.273. The predicted molar refractivity (Wildman–Crippen MR) is 60.1 cm³/mol. The molecule has 1 aliphatic rings. The Labute approximate surface area is 97.7 Å². The highest BCUT2D eigenvalue weighted by Gasteiger charge is 2.24. The molecule has 0 N–H and O–H groups in total. The van der Waals surface area contributed by atoms with Gasteiger partial charge >= 0.3 is 11.3 Å². The second-order valence-electron chi connectivity index (χ2n) is 3.49. The van der Waals surface area contributed by atoms with Crippen LogP contribution in [0.25, 0.3) is 0 Å². The van der Waals surface area contributed by atoms with Crippen molar-refractivity contribution in [1.29, 1.82) is 0 Å². The molecule has 2 rings (SSSR count). The normalized spacial score (nSPS) is 13.5. The quantitative estimate of drug-likeness (QED) is 0.429. The van der Waals surface area contributed by atoms with Gasteiger partial charge in [0.1, 0.15) is 0 Å². The van der Waals surface area contributed by atoms with E-state index in [9.17, 15) is 9.59 Å². The van der Waals surface area contributed by atoms with Gasteiger partial charge in [-0.05, 0) is 35.7 Å². The monoisotopic (exact) mass is 239 g/mol. The molecule has 0 radical (unpaired) electrons. The van der Waals surface area contributed by atoms with Crippen LogP contribution in [0.1, 0.15) is 15.9 Å². The number of carbonyl (C=O) groups excluding carboxylic acids is 2. The number of nitrogens with zero attached hydrogens (tertiary/aromatic N) is 1. The number of carbonyl (C=O) groups is 2. The summed E-state index contributed by atoms with van der Waals surface area (Å²) in [5.41, 5.74) is 2.13. The Morgan fingerprint density at radius 2 is 2.19 bits per heavy atom. The molecule has 1 aromatic rings. The second-order valence-corrected chi connectivity index (χ2v) is 3.81. The average molecular weight is 240 g/mol. The maximum Gasteiger partial charge on any atom is 0.337 e. The van der Waals surface area contributed by atoms with Crippen LogP contribution in [0.4, 0.5) is 10.5 Å². The minimum Gasteiger partial charge on any atom is -0.465 e. The minimum atomic E-state index is -0.527. The summed E-state index contributed by atoms with van der Waals surface area (Å²) in [7, 11) is 1.32. The summed E-state index contributed by atoms with van der Waals surface area (Å²) in [5, 5.41) is -0.527. The molecule has 0 saturated heterocycles. The van der Waals surface area contributed by atoms with E-state index in [1.54, 1.807) is 12.1 Å². The second kappa shape index (κ2) is 4.14. The molecule has 0 atom stereocenters. The summed E-state index contributed by atoms with van der Waals surface area (Å²) < 4.78 is 4.62. The molecule has 0 aromatic heterocycles. The number of rotatable bonds is 1. The lowest BCUT2D eigenvalue weighted by Gasteiger charge is -2.13. The fourth-order valence-corrected chi connectivity index (χ4v) is 1.98. The number of anilines is 1. The van der Waals surface area contributed by atoms with E-state index in [0.717, 1.165) is 12.0 Å². The van der Waals surface area contributed by atoms with Crippen LogP contribution in [0, 0.1) is 0 Å². The predicted octanol–water partition coefficient (Wildman–Crippen LogP) is 2.19. The summed E-state index contributed by atoms with van der Waals surface area (Å²) in [4.78, 5) is 23.9. The molecule has 1 aliphatic heterocycles. The van der Waals surface area contributed by atoms with Gasteiger partial charge in [-0.3, -0.25) is 9.69 Å². The Morgan fingerprint density at radius 3 is 2.81 bits per heavy atom. The molecule has 0 bridgehead atoms. The third-order valence-corrected chi connectivity index (χ3v) is 2.82. The van der Waals surface area contributed by atoms with E-state index in [0.29, 0.717) is 17.8 Å². The first-order valence-electron chi connectivity index (χ1n) is 4.81. The van der Waals surface area contributed by atoms with Gasteiger partial charge < -0.3 is 4.74 Å². The van der Waals surface area contributed by atoms with E-state index in [1.807, 2.05) is 6.07 Å². The molecule has 1 aromatic carbocycles. The molecule has 84 valence electrons. The highest BCUT2D eigenvalue weighted by molar-refractivity contribution is 6.66. The smallest absolute Gasteiger partial charge is 0.337 e. The van der Waals surface area contributed by atoms with Crippen molar-refractivity contribution < 1.29 is 14.3 Å². The van der Waals surface area contributed by atoms with E-state index in [1.165, 1.54) is 12.0 Å². The van der Waals surface area contributed by atoms with Gasteiger partial charge in [0, 0.05) is 12.2 Å². The molecule has 0 fully saturated rings. The van der Waals surface area contributed by atoms with Crippen molar-refractivity contribution in [1.82, 2.24) is 0 Å². The number of halogens is 1. The molecule has 0 aliphatic carbocycles. The van der Waals surface area contributed by atoms with Crippen molar-refractivity contribution in [2.45, 2.75) is 6.42 Å². The lowest BCUT2D eigenvalue weighted by atomic mass is 10.1. The number of ether oxygens (including phenoxy) is 1. The highest BCUT2D eigenvalue weighted by atomic mass is 35.5. The molecule has 0 spiro atoms. The zero-order valence-electron chi connectivity index (χ0n) is 8.70. The third kappa shape index (κ3) is 1.76. The number of esters is 1. The SMILES string of the molecule is COC(=O)c1ccc2c(c1)N(C(=O)Cl)CC2. The summed E-state index contributed by atoms with van der Waals surface area (Å²) in [6.45, 7) is 0.558. The van der Waals surface area contributed by atoms with Gasteiger partial charge in [-0.2, -0.15) is 0 Å². The molecule has 0 saturated carbocycles. The van der Waals surface area contributed by atoms with Crippen molar-refractivity contribution >= 4 is 28.6 Å². The molecule has 5 heteroatoms. The summed E-state index contributed by atoms with van der Waals surface area (Å²) in [6.07, 6.45) is 0.759. The lowest BCUT2D eigenvalue weighted by Crippen LogP contribution is -2.22. The van der Waals surface area contributed by atoms with E-state index >= 15 is 0 Å². The first-order valence-corrected chi connectivity index (χ1v) is 5.19. The number of hydrogen-bond donors (Lipinski definition) is 0. The first-order chi connectivity index (χ1) is 7.63. The number of benzene rings is 1. The van der Waals surface area contributed by atoms with E-state index in [2.05, 4.69) is 4.74 Å². The van der Waals surface area contributed by atoms with Crippen LogP contribution in [0.3, 0.4) is 0 Å². The Hall–Kier alpha value is -1.55. The van der Waals surface area contributed by atoms with Gasteiger partial charge in [-0.1, -0.05) is 6.07 Å². The summed E-state index contributed by atoms with van der Waals surface area (Å²) >= 11 is 5.45. The molecule has 0 unspecified atom stereocenters. The molecule has 4 nitrogen and oxygen atoms in total. The molecular formula is C11H10ClNO3. The van der Waals surface area contributed by atoms with E-state index < -0.39 is 11.3 Å². The highest BCUT2D eigenvalue weighted by Crippen LogP contribution is 2.30. The fourth-order valence-electron chi connectivity index (χ4n) is 1.81. The first kappa shape index (κ1) is 11.0. The van der Waals surface area contributed by atoms with E-state index in [4.69, 9.17) is 11.6 Å². The van der Waals surface area contributed by atoms with Crippen molar-refractivity contribution in [3.8, 4) is 0 Å². The number of fused-ring (bicyclic) bond motifs is 1. The van der Waals surface area contributed by atoms with Crippen molar-refractivity contribution in [2.75, 3.05) is 18.6 Å². The summed E-state index contributed by atoms with van der Waals surface area (Å²) in [6, 6.07) is 5.14. The van der Waals surface area contributed by atoms with Crippen LogP contribution >= 0.6 is 11.6 Å². The standard InChI is InChI=1S/C11H10ClNO3/c1-16-10(14)8-3-2-7-4-5-13(11(12)15)9(7)6-8/h2-3,6H,4-5H2,1H3. The van der Waals surface area contributed by atoms with Gasteiger partial charge in [0.25, 0.3) is 0 Å². The van der Waals surface area contributed by atoms with Gasteiger partial charge in [0.15, 0.2) is 0 Å². The third-order valence-electron chi connectivity index (χ3n) is 2.61. The van der Waals surface area contributed by atoms with Crippen molar-refractivity contribution in [2.24, 2.45) is 0 Å². The maximum absolute atomic E-state index is 11.3. The van der Waals surface area contributed by atoms with Crippen molar-refractivity contribution in [3.05, 3.63) is 29.3 Å². The van der Waals surface area contributed by atoms with Crippen molar-refractivity contribution in [3.63, 3.8) is 0 Å². The largest absolute Gasteiger partial charge is 0.465 e. The number of hydrogen-bond acceptors (Lipinski definition) is 3. The topological polar surface area (TPSA) is 46.6 Å². The maximum atomic E-state index is 11.3. The van der Waals surface area contributed by atoms with Crippen LogP contribution < -0.4 is 4.90 Å². The molecule has 1 amide bonds. The lowest BCUT2D eigenvalue weighted by molar-refractivity contribution is 0.0600. The molecular weight excluding hydrogens is 230 g/mol. The zero-order valence-corrected chi connectivity index (χ0v) is 9.45. The van der Waals surface area contributed by atoms with Crippen LogP contribution in [0.2, 0.25) is 0 Å². The number of amides is 1. The minimum absolute atomic E-state index is 0.420. The molecule has 1 heterocycles. The zero-order chi connectivity index (χ0) is 11.7. The van der Waals surface area contributed by atoms with Gasteiger partial charge in [-0.25, -0.2) is 4.79 Å². The van der Waals surface area contributed by atoms with Crippen LogP contribution in [0.5, 0.6) is 0 Å². The Kier molecular flexibility index (Phi) is 2.83. The van der Waals surface area contributed by atoms with Crippen LogP contribution in [0.15, 0.2) is 18.2 Å².